The Morgan fingerprint density at radius 2 is 1.12 bits per heavy atom. The number of pyridine rings is 4. The van der Waals surface area contributed by atoms with Gasteiger partial charge in [0.2, 0.25) is 0 Å². The number of hydrogen-bond acceptors (Lipinski definition) is 4. The fourth-order valence-electron chi connectivity index (χ4n) is 5.87. The second-order valence-corrected chi connectivity index (χ2v) is 9.97. The van der Waals surface area contributed by atoms with Crippen LogP contribution in [0.3, 0.4) is 0 Å². The van der Waals surface area contributed by atoms with E-state index in [4.69, 9.17) is 19.9 Å². The van der Waals surface area contributed by atoms with Gasteiger partial charge in [0.25, 0.3) is 0 Å². The molecule has 40 heavy (non-hydrogen) atoms. The number of nitrogens with one attached hydrogen (secondary N) is 4. The molecule has 0 saturated heterocycles. The predicted octanol–water partition coefficient (Wildman–Crippen LogP) is 2.77. The number of nitrogens with zero attached hydrogens (tertiary/aromatic N) is 4. The SMILES string of the molecule is C1=c2[nH]c(c3ncccc23)=Cc2[nH]c(c3cccnc23)C=c2[nH]c(c3ncccc23)=Cc2nc1c1[nH]cccc2-1. The molecule has 0 fully saturated rings. The van der Waals surface area contributed by atoms with Gasteiger partial charge in [-0.1, -0.05) is 0 Å². The highest BCUT2D eigenvalue weighted by atomic mass is 14.8. The van der Waals surface area contributed by atoms with Crippen molar-refractivity contribution in [2.24, 2.45) is 0 Å². The molecule has 0 spiro atoms. The third-order valence-corrected chi connectivity index (χ3v) is 7.64. The van der Waals surface area contributed by atoms with E-state index in [0.29, 0.717) is 0 Å². The molecule has 0 atom stereocenters. The van der Waals surface area contributed by atoms with E-state index in [9.17, 15) is 0 Å². The lowest BCUT2D eigenvalue weighted by Crippen LogP contribution is -2.11. The average Bonchev–Trinajstić information content (AvgIpc) is 3.73. The maximum Gasteiger partial charge on any atom is 0.0958 e. The van der Waals surface area contributed by atoms with E-state index in [2.05, 4.69) is 68.5 Å². The quantitative estimate of drug-likeness (QED) is 0.248. The summed E-state index contributed by atoms with van der Waals surface area (Å²) in [4.78, 5) is 33.6. The molecule has 8 bridgehead atoms. The molecular weight excluding hydrogens is 496 g/mol. The Kier molecular flexibility index (Phi) is 4.17. The third-order valence-electron chi connectivity index (χ3n) is 7.64. The molecule has 188 valence electrons. The minimum Gasteiger partial charge on any atom is -0.359 e. The van der Waals surface area contributed by atoms with Gasteiger partial charge < -0.3 is 19.9 Å². The first-order valence-electron chi connectivity index (χ1n) is 13.1. The Morgan fingerprint density at radius 3 is 1.90 bits per heavy atom. The molecule has 0 aliphatic carbocycles. The summed E-state index contributed by atoms with van der Waals surface area (Å²) in [6.07, 6.45) is 15.8. The summed E-state index contributed by atoms with van der Waals surface area (Å²) in [7, 11) is 0. The molecule has 0 aromatic carbocycles. The molecule has 6 aromatic heterocycles. The monoisotopic (exact) mass is 516 g/mol. The highest BCUT2D eigenvalue weighted by Gasteiger charge is 2.17. The minimum absolute atomic E-state index is 0.845. The normalized spacial score (nSPS) is 12.8. The van der Waals surface area contributed by atoms with Crippen LogP contribution in [0.5, 0.6) is 0 Å². The number of hydrogen-bond donors (Lipinski definition) is 4. The standard InChI is InChI=1S/C32H20N8/c1-5-17-21-13-22-18-6-2-11-35-31(18)27(38-22)16-28-32-20(8-4-12-36-32)24(40-28)15-26-30-19(7-3-10-34-30)23(39-26)14-25(37-21)29(17)33-9-1/h1-16,34,37-38,40H. The van der Waals surface area contributed by atoms with Gasteiger partial charge in [0, 0.05) is 46.5 Å². The zero-order valence-electron chi connectivity index (χ0n) is 21.0. The zero-order chi connectivity index (χ0) is 26.2. The van der Waals surface area contributed by atoms with Crippen molar-refractivity contribution in [1.29, 1.82) is 0 Å². The number of aromatic amines is 4. The van der Waals surface area contributed by atoms with Gasteiger partial charge in [-0.05, 0) is 72.8 Å². The van der Waals surface area contributed by atoms with E-state index in [0.717, 1.165) is 88.1 Å². The fourth-order valence-corrected chi connectivity index (χ4v) is 5.87. The second kappa shape index (κ2) is 7.87. The Bertz CT molecular complexity index is 2330. The van der Waals surface area contributed by atoms with Crippen LogP contribution in [-0.2, 0) is 0 Å². The number of rotatable bonds is 0. The Hall–Kier alpha value is -5.76. The highest BCUT2D eigenvalue weighted by Crippen LogP contribution is 2.29. The molecule has 0 amide bonds. The van der Waals surface area contributed by atoms with E-state index >= 15 is 0 Å². The molecule has 0 unspecified atom stereocenters. The summed E-state index contributed by atoms with van der Waals surface area (Å²) >= 11 is 0. The van der Waals surface area contributed by atoms with Crippen molar-refractivity contribution in [3.8, 4) is 11.3 Å². The van der Waals surface area contributed by atoms with Gasteiger partial charge in [0.15, 0.2) is 0 Å². The first-order valence-corrected chi connectivity index (χ1v) is 13.1. The fraction of sp³-hybridized carbons (Fsp3) is 0. The third kappa shape index (κ3) is 3.01. The second-order valence-electron chi connectivity index (χ2n) is 9.97. The van der Waals surface area contributed by atoms with E-state index < -0.39 is 0 Å². The summed E-state index contributed by atoms with van der Waals surface area (Å²) in [5.41, 5.74) is 8.26. The average molecular weight is 517 g/mol. The lowest BCUT2D eigenvalue weighted by molar-refractivity contribution is 1.23. The van der Waals surface area contributed by atoms with Gasteiger partial charge in [-0.3, -0.25) is 15.0 Å². The maximum atomic E-state index is 5.09. The van der Waals surface area contributed by atoms with Crippen molar-refractivity contribution < 1.29 is 0 Å². The molecule has 0 radical (unpaired) electrons. The summed E-state index contributed by atoms with van der Waals surface area (Å²) in [6.45, 7) is 0. The van der Waals surface area contributed by atoms with Crippen LogP contribution < -0.4 is 21.4 Å². The number of fused-ring (bicyclic) bond motifs is 20. The van der Waals surface area contributed by atoms with Crippen LogP contribution in [0.1, 0.15) is 22.8 Å². The molecule has 3 aliphatic heterocycles. The lowest BCUT2D eigenvalue weighted by Gasteiger charge is -1.99. The molecule has 0 saturated carbocycles. The smallest absolute Gasteiger partial charge is 0.0958 e. The maximum absolute atomic E-state index is 5.09. The summed E-state index contributed by atoms with van der Waals surface area (Å²) < 4.78 is 0. The first kappa shape index (κ1) is 21.2. The Balaban J connectivity index is 1.50. The van der Waals surface area contributed by atoms with Crippen LogP contribution in [0, 0.1) is 0 Å². The molecule has 3 aliphatic rings. The Labute approximate surface area is 225 Å². The van der Waals surface area contributed by atoms with Crippen LogP contribution in [-0.4, -0.2) is 39.9 Å². The number of H-pyrrole nitrogens is 4. The predicted molar refractivity (Wildman–Crippen MR) is 156 cm³/mol. The van der Waals surface area contributed by atoms with Gasteiger partial charge in [-0.15, -0.1) is 0 Å². The van der Waals surface area contributed by atoms with Crippen LogP contribution in [0.15, 0.2) is 73.3 Å². The first-order chi connectivity index (χ1) is 19.8. The topological polar surface area (TPSA) is 115 Å². The minimum atomic E-state index is 0.845. The van der Waals surface area contributed by atoms with Crippen molar-refractivity contribution in [2.45, 2.75) is 0 Å². The Morgan fingerprint density at radius 1 is 0.500 bits per heavy atom. The zero-order valence-corrected chi connectivity index (χ0v) is 21.0. The lowest BCUT2D eigenvalue weighted by atomic mass is 10.1. The van der Waals surface area contributed by atoms with Crippen molar-refractivity contribution in [3.63, 3.8) is 0 Å². The van der Waals surface area contributed by atoms with Crippen molar-refractivity contribution >= 4 is 57.0 Å². The van der Waals surface area contributed by atoms with Gasteiger partial charge >= 0.3 is 0 Å². The molecule has 8 heteroatoms. The van der Waals surface area contributed by atoms with E-state index in [-0.39, 0.29) is 0 Å². The van der Waals surface area contributed by atoms with E-state index in [1.807, 2.05) is 49.1 Å². The van der Waals surface area contributed by atoms with Crippen LogP contribution in [0.2, 0.25) is 0 Å². The molecule has 8 nitrogen and oxygen atoms in total. The van der Waals surface area contributed by atoms with Crippen molar-refractivity contribution in [2.75, 3.05) is 0 Å². The van der Waals surface area contributed by atoms with Crippen LogP contribution in [0.25, 0.3) is 68.3 Å². The van der Waals surface area contributed by atoms with E-state index in [1.54, 1.807) is 0 Å². The van der Waals surface area contributed by atoms with Crippen molar-refractivity contribution in [1.82, 2.24) is 39.9 Å². The molecule has 9 rings (SSSR count). The van der Waals surface area contributed by atoms with Gasteiger partial charge in [0.05, 0.1) is 66.4 Å². The van der Waals surface area contributed by atoms with E-state index in [1.165, 1.54) is 0 Å². The summed E-state index contributed by atoms with van der Waals surface area (Å²) in [6, 6.07) is 16.2. The number of aromatic nitrogens is 8. The largest absolute Gasteiger partial charge is 0.359 e. The van der Waals surface area contributed by atoms with Crippen LogP contribution in [0.4, 0.5) is 0 Å². The van der Waals surface area contributed by atoms with Gasteiger partial charge in [-0.25, -0.2) is 4.98 Å². The van der Waals surface area contributed by atoms with Crippen LogP contribution >= 0.6 is 0 Å². The molecule has 4 N–H and O–H groups in total. The highest BCUT2D eigenvalue weighted by molar-refractivity contribution is 5.95. The molecule has 6 aromatic rings. The summed E-state index contributed by atoms with van der Waals surface area (Å²) in [5, 5.41) is 6.80. The van der Waals surface area contributed by atoms with Crippen molar-refractivity contribution in [3.05, 3.63) is 117 Å². The summed E-state index contributed by atoms with van der Waals surface area (Å²) in [5.74, 6) is 0. The molecular formula is C32H20N8. The van der Waals surface area contributed by atoms with Gasteiger partial charge in [0.1, 0.15) is 0 Å². The van der Waals surface area contributed by atoms with Gasteiger partial charge in [-0.2, -0.15) is 0 Å². The molecule has 9 heterocycles.